The van der Waals surface area contributed by atoms with E-state index in [1.54, 1.807) is 24.3 Å². The molecule has 0 radical (unpaired) electrons. The summed E-state index contributed by atoms with van der Waals surface area (Å²) in [4.78, 5) is 12.1. The molecular formula is C16H24N2O3. The third-order valence-electron chi connectivity index (χ3n) is 4.12. The van der Waals surface area contributed by atoms with E-state index in [0.29, 0.717) is 13.0 Å². The maximum atomic E-state index is 12.1. The number of nitrogens with one attached hydrogen (secondary N) is 1. The van der Waals surface area contributed by atoms with Crippen LogP contribution in [-0.2, 0) is 16.0 Å². The highest BCUT2D eigenvalue weighted by molar-refractivity contribution is 5.81. The smallest absolute Gasteiger partial charge is 0.237 e. The quantitative estimate of drug-likeness (QED) is 0.761. The number of benzene rings is 1. The molecule has 5 nitrogen and oxygen atoms in total. The fourth-order valence-corrected chi connectivity index (χ4v) is 2.45. The standard InChI is InChI=1S/C16H24N2O3/c1-16(6-8-21-9-7-16)11-18-15(20)14(17)10-12-2-4-13(19)5-3-12/h2-5,14,19H,6-11,17H2,1H3,(H,18,20)/t14-/m0/s1. The van der Waals surface area contributed by atoms with Gasteiger partial charge in [0.1, 0.15) is 5.75 Å². The molecular weight excluding hydrogens is 268 g/mol. The summed E-state index contributed by atoms with van der Waals surface area (Å²) in [7, 11) is 0. The van der Waals surface area contributed by atoms with E-state index in [2.05, 4.69) is 12.2 Å². The number of carbonyl (C=O) groups is 1. The Bertz CT molecular complexity index is 467. The van der Waals surface area contributed by atoms with Crippen LogP contribution in [-0.4, -0.2) is 36.8 Å². The first-order valence-electron chi connectivity index (χ1n) is 7.37. The zero-order valence-electron chi connectivity index (χ0n) is 12.5. The molecule has 116 valence electrons. The molecule has 0 aliphatic carbocycles. The van der Waals surface area contributed by atoms with Crippen LogP contribution < -0.4 is 11.1 Å². The van der Waals surface area contributed by atoms with Gasteiger partial charge in [-0.2, -0.15) is 0 Å². The van der Waals surface area contributed by atoms with E-state index in [0.717, 1.165) is 31.6 Å². The van der Waals surface area contributed by atoms with Crippen LogP contribution in [0.1, 0.15) is 25.3 Å². The molecule has 1 aromatic rings. The van der Waals surface area contributed by atoms with E-state index in [-0.39, 0.29) is 17.1 Å². The Balaban J connectivity index is 1.80. The maximum absolute atomic E-state index is 12.1. The fourth-order valence-electron chi connectivity index (χ4n) is 2.45. The third-order valence-corrected chi connectivity index (χ3v) is 4.12. The summed E-state index contributed by atoms with van der Waals surface area (Å²) in [5, 5.41) is 12.2. The minimum atomic E-state index is -0.571. The van der Waals surface area contributed by atoms with Gasteiger partial charge in [-0.25, -0.2) is 0 Å². The monoisotopic (exact) mass is 292 g/mol. The first kappa shape index (κ1) is 15.8. The van der Waals surface area contributed by atoms with E-state index in [1.807, 2.05) is 0 Å². The van der Waals surface area contributed by atoms with E-state index in [4.69, 9.17) is 10.5 Å². The van der Waals surface area contributed by atoms with Gasteiger partial charge in [-0.15, -0.1) is 0 Å². The molecule has 1 aliphatic heterocycles. The van der Waals surface area contributed by atoms with Gasteiger partial charge >= 0.3 is 0 Å². The number of hydrogen-bond acceptors (Lipinski definition) is 4. The first-order chi connectivity index (χ1) is 9.98. The molecule has 0 unspecified atom stereocenters. The van der Waals surface area contributed by atoms with Gasteiger partial charge in [0.05, 0.1) is 6.04 Å². The zero-order chi connectivity index (χ0) is 15.3. The highest BCUT2D eigenvalue weighted by atomic mass is 16.5. The second-order valence-corrected chi connectivity index (χ2v) is 6.12. The van der Waals surface area contributed by atoms with Crippen LogP contribution >= 0.6 is 0 Å². The van der Waals surface area contributed by atoms with Crippen molar-refractivity contribution in [3.8, 4) is 5.75 Å². The van der Waals surface area contributed by atoms with E-state index in [9.17, 15) is 9.90 Å². The van der Waals surface area contributed by atoms with Gasteiger partial charge in [0, 0.05) is 19.8 Å². The van der Waals surface area contributed by atoms with E-state index < -0.39 is 6.04 Å². The second kappa shape index (κ2) is 6.91. The number of phenols is 1. The molecule has 1 fully saturated rings. The number of phenolic OH excluding ortho intramolecular Hbond substituents is 1. The topological polar surface area (TPSA) is 84.6 Å². The molecule has 0 bridgehead atoms. The number of hydrogen-bond donors (Lipinski definition) is 3. The van der Waals surface area contributed by atoms with Crippen molar-refractivity contribution in [2.75, 3.05) is 19.8 Å². The molecule has 1 aromatic carbocycles. The Morgan fingerprint density at radius 3 is 2.62 bits per heavy atom. The van der Waals surface area contributed by atoms with E-state index >= 15 is 0 Å². The molecule has 1 saturated heterocycles. The van der Waals surface area contributed by atoms with Crippen molar-refractivity contribution in [3.63, 3.8) is 0 Å². The molecule has 5 heteroatoms. The van der Waals surface area contributed by atoms with E-state index in [1.165, 1.54) is 0 Å². The largest absolute Gasteiger partial charge is 0.508 e. The Labute approximate surface area is 125 Å². The fraction of sp³-hybridized carbons (Fsp3) is 0.562. The Morgan fingerprint density at radius 2 is 2.00 bits per heavy atom. The molecule has 1 amide bonds. The number of aromatic hydroxyl groups is 1. The van der Waals surface area contributed by atoms with Crippen molar-refractivity contribution in [1.82, 2.24) is 5.32 Å². The van der Waals surface area contributed by atoms with Crippen molar-refractivity contribution < 1.29 is 14.6 Å². The van der Waals surface area contributed by atoms with Crippen molar-refractivity contribution in [3.05, 3.63) is 29.8 Å². The van der Waals surface area contributed by atoms with Crippen LogP contribution in [0.4, 0.5) is 0 Å². The second-order valence-electron chi connectivity index (χ2n) is 6.12. The van der Waals surface area contributed by atoms with Crippen molar-refractivity contribution in [2.24, 2.45) is 11.1 Å². The van der Waals surface area contributed by atoms with Gasteiger partial charge in [0.25, 0.3) is 0 Å². The van der Waals surface area contributed by atoms with Gasteiger partial charge in [0.15, 0.2) is 0 Å². The van der Waals surface area contributed by atoms with Crippen LogP contribution in [0.5, 0.6) is 5.75 Å². The summed E-state index contributed by atoms with van der Waals surface area (Å²) < 4.78 is 5.35. The van der Waals surface area contributed by atoms with Crippen LogP contribution in [0.15, 0.2) is 24.3 Å². The van der Waals surface area contributed by atoms with Crippen molar-refractivity contribution >= 4 is 5.91 Å². The van der Waals surface area contributed by atoms with Crippen LogP contribution in [0, 0.1) is 5.41 Å². The predicted molar refractivity (Wildman–Crippen MR) is 81.0 cm³/mol. The number of nitrogens with two attached hydrogens (primary N) is 1. The van der Waals surface area contributed by atoms with Crippen molar-refractivity contribution in [2.45, 2.75) is 32.2 Å². The average Bonchev–Trinajstić information content (AvgIpc) is 2.48. The minimum absolute atomic E-state index is 0.103. The first-order valence-corrected chi connectivity index (χ1v) is 7.37. The highest BCUT2D eigenvalue weighted by Crippen LogP contribution is 2.28. The number of amides is 1. The molecule has 1 aliphatic rings. The van der Waals surface area contributed by atoms with Crippen LogP contribution in [0.2, 0.25) is 0 Å². The molecule has 0 aromatic heterocycles. The lowest BCUT2D eigenvalue weighted by Crippen LogP contribution is -2.46. The minimum Gasteiger partial charge on any atom is -0.508 e. The third kappa shape index (κ3) is 4.72. The molecule has 21 heavy (non-hydrogen) atoms. The molecule has 0 saturated carbocycles. The van der Waals surface area contributed by atoms with Gasteiger partial charge < -0.3 is 20.9 Å². The Morgan fingerprint density at radius 1 is 1.38 bits per heavy atom. The molecule has 4 N–H and O–H groups in total. The Hall–Kier alpha value is -1.59. The SMILES string of the molecule is CC1(CNC(=O)[C@@H](N)Cc2ccc(O)cc2)CCOCC1. The number of rotatable bonds is 5. The molecule has 1 heterocycles. The van der Waals surface area contributed by atoms with Gasteiger partial charge in [-0.05, 0) is 42.4 Å². The summed E-state index contributed by atoms with van der Waals surface area (Å²) in [6.07, 6.45) is 2.38. The lowest BCUT2D eigenvalue weighted by Gasteiger charge is -2.33. The summed E-state index contributed by atoms with van der Waals surface area (Å²) in [5.74, 6) is 0.0833. The van der Waals surface area contributed by atoms with Crippen molar-refractivity contribution in [1.29, 1.82) is 0 Å². The highest BCUT2D eigenvalue weighted by Gasteiger charge is 2.28. The molecule has 1 atom stereocenters. The number of carbonyl (C=O) groups excluding carboxylic acids is 1. The molecule has 2 rings (SSSR count). The molecule has 0 spiro atoms. The van der Waals surface area contributed by atoms with Crippen LogP contribution in [0.25, 0.3) is 0 Å². The predicted octanol–water partition coefficient (Wildman–Crippen LogP) is 1.19. The maximum Gasteiger partial charge on any atom is 0.237 e. The number of ether oxygens (including phenoxy) is 1. The lowest BCUT2D eigenvalue weighted by atomic mass is 9.82. The van der Waals surface area contributed by atoms with Gasteiger partial charge in [-0.1, -0.05) is 19.1 Å². The summed E-state index contributed by atoms with van der Waals surface area (Å²) in [6.45, 7) is 4.32. The zero-order valence-corrected chi connectivity index (χ0v) is 12.5. The summed E-state index contributed by atoms with van der Waals surface area (Å²) in [5.41, 5.74) is 6.99. The normalized spacial score (nSPS) is 19.0. The summed E-state index contributed by atoms with van der Waals surface area (Å²) >= 11 is 0. The van der Waals surface area contributed by atoms with Gasteiger partial charge in [0.2, 0.25) is 5.91 Å². The van der Waals surface area contributed by atoms with Crippen LogP contribution in [0.3, 0.4) is 0 Å². The summed E-state index contributed by atoms with van der Waals surface area (Å²) in [6, 6.07) is 6.19. The lowest BCUT2D eigenvalue weighted by molar-refractivity contribution is -0.123. The Kier molecular flexibility index (Phi) is 5.20. The average molecular weight is 292 g/mol. The van der Waals surface area contributed by atoms with Gasteiger partial charge in [-0.3, -0.25) is 4.79 Å².